The number of carbonyl (C=O) groups is 2. The van der Waals surface area contributed by atoms with Crippen LogP contribution in [0, 0.1) is 12.8 Å². The largest absolute Gasteiger partial charge is 0.484 e. The van der Waals surface area contributed by atoms with E-state index in [1.54, 1.807) is 4.90 Å². The van der Waals surface area contributed by atoms with Crippen LogP contribution in [0.25, 0.3) is 0 Å². The molecule has 0 fully saturated rings. The first-order valence-corrected chi connectivity index (χ1v) is 11.6. The molecule has 0 aliphatic carbocycles. The molecule has 2 rings (SSSR count). The Morgan fingerprint density at radius 3 is 2.22 bits per heavy atom. The van der Waals surface area contributed by atoms with Crippen molar-refractivity contribution in [3.05, 3.63) is 65.2 Å². The molecule has 2 aromatic carbocycles. The van der Waals surface area contributed by atoms with Crippen molar-refractivity contribution in [2.24, 2.45) is 5.92 Å². The molecule has 0 unspecified atom stereocenters. The SMILES string of the molecule is CC[C@H](C(=O)NCC(C)C)N(Cc1ccccc1C)C(=O)COc1ccc(C(C)C)cc1. The molecule has 2 amide bonds. The van der Waals surface area contributed by atoms with Gasteiger partial charge in [0.15, 0.2) is 6.61 Å². The molecule has 0 aliphatic rings. The van der Waals surface area contributed by atoms with E-state index in [-0.39, 0.29) is 18.4 Å². The van der Waals surface area contributed by atoms with Crippen LogP contribution >= 0.6 is 0 Å². The van der Waals surface area contributed by atoms with Crippen LogP contribution in [-0.2, 0) is 16.1 Å². The number of benzene rings is 2. The van der Waals surface area contributed by atoms with Gasteiger partial charge in [-0.3, -0.25) is 9.59 Å². The van der Waals surface area contributed by atoms with Gasteiger partial charge in [0.2, 0.25) is 5.91 Å². The number of nitrogens with one attached hydrogen (secondary N) is 1. The van der Waals surface area contributed by atoms with Crippen LogP contribution in [0.5, 0.6) is 5.75 Å². The lowest BCUT2D eigenvalue weighted by molar-refractivity contribution is -0.143. The topological polar surface area (TPSA) is 58.6 Å². The minimum absolute atomic E-state index is 0.110. The van der Waals surface area contributed by atoms with E-state index in [0.29, 0.717) is 37.1 Å². The molecule has 1 atom stereocenters. The summed E-state index contributed by atoms with van der Waals surface area (Å²) in [5.41, 5.74) is 3.34. The molecule has 0 saturated heterocycles. The Kier molecular flexibility index (Phi) is 9.76. The van der Waals surface area contributed by atoms with Crippen LogP contribution < -0.4 is 10.1 Å². The highest BCUT2D eigenvalue weighted by molar-refractivity contribution is 5.88. The fraction of sp³-hybridized carbons (Fsp3) is 0.481. The molecule has 1 N–H and O–H groups in total. The number of rotatable bonds is 11. The Morgan fingerprint density at radius 1 is 1.00 bits per heavy atom. The average molecular weight is 439 g/mol. The molecular formula is C27H38N2O3. The molecule has 0 spiro atoms. The van der Waals surface area contributed by atoms with Gasteiger partial charge in [-0.25, -0.2) is 0 Å². The van der Waals surface area contributed by atoms with Gasteiger partial charge in [-0.2, -0.15) is 0 Å². The molecule has 0 heterocycles. The second-order valence-electron chi connectivity index (χ2n) is 9.02. The molecule has 5 nitrogen and oxygen atoms in total. The van der Waals surface area contributed by atoms with Gasteiger partial charge < -0.3 is 15.0 Å². The third-order valence-electron chi connectivity index (χ3n) is 5.58. The normalized spacial score (nSPS) is 12.0. The molecule has 0 aliphatic heterocycles. The van der Waals surface area contributed by atoms with Crippen LogP contribution in [0.2, 0.25) is 0 Å². The summed E-state index contributed by atoms with van der Waals surface area (Å²) >= 11 is 0. The van der Waals surface area contributed by atoms with Gasteiger partial charge in [0.1, 0.15) is 11.8 Å². The van der Waals surface area contributed by atoms with Crippen molar-refractivity contribution in [3.63, 3.8) is 0 Å². The first-order chi connectivity index (χ1) is 15.2. The van der Waals surface area contributed by atoms with Crippen LogP contribution in [0.3, 0.4) is 0 Å². The summed E-state index contributed by atoms with van der Waals surface area (Å²) in [4.78, 5) is 27.9. The number of ether oxygens (including phenoxy) is 1. The number of amides is 2. The lowest BCUT2D eigenvalue weighted by Gasteiger charge is -2.31. The monoisotopic (exact) mass is 438 g/mol. The van der Waals surface area contributed by atoms with E-state index in [9.17, 15) is 9.59 Å². The Labute approximate surface area is 193 Å². The van der Waals surface area contributed by atoms with Gasteiger partial charge in [0.25, 0.3) is 5.91 Å². The van der Waals surface area contributed by atoms with Crippen LogP contribution in [0.15, 0.2) is 48.5 Å². The number of hydrogen-bond donors (Lipinski definition) is 1. The van der Waals surface area contributed by atoms with Crippen molar-refractivity contribution in [2.45, 2.75) is 66.5 Å². The van der Waals surface area contributed by atoms with Crippen LogP contribution in [-0.4, -0.2) is 35.9 Å². The zero-order valence-corrected chi connectivity index (χ0v) is 20.4. The first kappa shape index (κ1) is 25.4. The van der Waals surface area contributed by atoms with Crippen molar-refractivity contribution < 1.29 is 14.3 Å². The highest BCUT2D eigenvalue weighted by Crippen LogP contribution is 2.20. The summed E-state index contributed by atoms with van der Waals surface area (Å²) in [7, 11) is 0. The predicted molar refractivity (Wildman–Crippen MR) is 130 cm³/mol. The summed E-state index contributed by atoms with van der Waals surface area (Å²) in [6, 6.07) is 15.2. The van der Waals surface area contributed by atoms with Gasteiger partial charge in [0, 0.05) is 13.1 Å². The number of hydrogen-bond acceptors (Lipinski definition) is 3. The molecule has 0 bridgehead atoms. The zero-order valence-electron chi connectivity index (χ0n) is 20.4. The Bertz CT molecular complexity index is 875. The van der Waals surface area contributed by atoms with E-state index in [1.807, 2.05) is 62.4 Å². The Hall–Kier alpha value is -2.82. The molecule has 5 heteroatoms. The number of aryl methyl sites for hydroxylation is 1. The van der Waals surface area contributed by atoms with Gasteiger partial charge in [-0.15, -0.1) is 0 Å². The minimum atomic E-state index is -0.548. The first-order valence-electron chi connectivity index (χ1n) is 11.6. The quantitative estimate of drug-likeness (QED) is 0.532. The second kappa shape index (κ2) is 12.3. The van der Waals surface area contributed by atoms with E-state index < -0.39 is 6.04 Å². The number of carbonyl (C=O) groups excluding carboxylic acids is 2. The van der Waals surface area contributed by atoms with Crippen molar-refractivity contribution in [1.82, 2.24) is 10.2 Å². The fourth-order valence-corrected chi connectivity index (χ4v) is 3.49. The molecular weight excluding hydrogens is 400 g/mol. The maximum atomic E-state index is 13.3. The third kappa shape index (κ3) is 7.40. The molecule has 2 aromatic rings. The summed E-state index contributed by atoms with van der Waals surface area (Å²) in [6.45, 7) is 13.2. The maximum absolute atomic E-state index is 13.3. The average Bonchev–Trinajstić information content (AvgIpc) is 2.77. The maximum Gasteiger partial charge on any atom is 0.261 e. The van der Waals surface area contributed by atoms with Crippen LogP contribution in [0.1, 0.15) is 63.6 Å². The Morgan fingerprint density at radius 2 is 1.66 bits per heavy atom. The lowest BCUT2D eigenvalue weighted by Crippen LogP contribution is -2.50. The summed E-state index contributed by atoms with van der Waals surface area (Å²) in [5.74, 6) is 1.10. The van der Waals surface area contributed by atoms with Crippen molar-refractivity contribution in [1.29, 1.82) is 0 Å². The molecule has 0 radical (unpaired) electrons. The highest BCUT2D eigenvalue weighted by Gasteiger charge is 2.29. The summed E-state index contributed by atoms with van der Waals surface area (Å²) < 4.78 is 5.80. The van der Waals surface area contributed by atoms with E-state index in [4.69, 9.17) is 4.74 Å². The predicted octanol–water partition coefficient (Wildman–Crippen LogP) is 5.08. The van der Waals surface area contributed by atoms with Gasteiger partial charge in [-0.05, 0) is 54.0 Å². The van der Waals surface area contributed by atoms with Crippen molar-refractivity contribution >= 4 is 11.8 Å². The standard InChI is InChI=1S/C27H38N2O3/c1-7-25(27(31)28-16-19(2)3)29(17-23-11-9-8-10-21(23)6)26(30)18-32-24-14-12-22(13-15-24)20(4)5/h8-15,19-20,25H,7,16-18H2,1-6H3,(H,28,31)/t25-/m1/s1. The van der Waals surface area contributed by atoms with E-state index in [1.165, 1.54) is 5.56 Å². The van der Waals surface area contributed by atoms with Gasteiger partial charge in [-0.1, -0.05) is 71.0 Å². The van der Waals surface area contributed by atoms with E-state index >= 15 is 0 Å². The lowest BCUT2D eigenvalue weighted by atomic mass is 10.0. The zero-order chi connectivity index (χ0) is 23.7. The van der Waals surface area contributed by atoms with E-state index in [0.717, 1.165) is 11.1 Å². The minimum Gasteiger partial charge on any atom is -0.484 e. The van der Waals surface area contributed by atoms with Crippen molar-refractivity contribution in [3.8, 4) is 5.75 Å². The smallest absolute Gasteiger partial charge is 0.261 e. The van der Waals surface area contributed by atoms with Crippen LogP contribution in [0.4, 0.5) is 0 Å². The fourth-order valence-electron chi connectivity index (χ4n) is 3.49. The third-order valence-corrected chi connectivity index (χ3v) is 5.58. The number of nitrogens with zero attached hydrogens (tertiary/aromatic N) is 1. The Balaban J connectivity index is 2.18. The van der Waals surface area contributed by atoms with Gasteiger partial charge >= 0.3 is 0 Å². The molecule has 32 heavy (non-hydrogen) atoms. The second-order valence-corrected chi connectivity index (χ2v) is 9.02. The molecule has 174 valence electrons. The van der Waals surface area contributed by atoms with E-state index in [2.05, 4.69) is 33.0 Å². The van der Waals surface area contributed by atoms with Gasteiger partial charge in [0.05, 0.1) is 0 Å². The summed E-state index contributed by atoms with van der Waals surface area (Å²) in [5, 5.41) is 2.99. The molecule has 0 saturated carbocycles. The molecule has 0 aromatic heterocycles. The van der Waals surface area contributed by atoms with Crippen molar-refractivity contribution in [2.75, 3.05) is 13.2 Å². The highest BCUT2D eigenvalue weighted by atomic mass is 16.5. The summed E-state index contributed by atoms with van der Waals surface area (Å²) in [6.07, 6.45) is 0.532.